The summed E-state index contributed by atoms with van der Waals surface area (Å²) in [5.41, 5.74) is 2.92. The normalized spacial score (nSPS) is 29.2. The van der Waals surface area contributed by atoms with Crippen LogP contribution in [-0.4, -0.2) is 0 Å². The van der Waals surface area contributed by atoms with Gasteiger partial charge in [-0.25, -0.2) is 0 Å². The molecule has 0 fully saturated rings. The number of rotatable bonds is 2. The number of allylic oxidation sites excluding steroid dienone is 4. The summed E-state index contributed by atoms with van der Waals surface area (Å²) in [7, 11) is 0. The topological polar surface area (TPSA) is 0 Å². The molecule has 0 bridgehead atoms. The largest absolute Gasteiger partial charge is 0.0805 e. The van der Waals surface area contributed by atoms with E-state index in [0.29, 0.717) is 0 Å². The van der Waals surface area contributed by atoms with Crippen molar-refractivity contribution in [2.45, 2.75) is 52.6 Å². The molecule has 2 aliphatic heterocycles. The maximum absolute atomic E-state index is 6.75. The van der Waals surface area contributed by atoms with Crippen LogP contribution >= 0.6 is 27.2 Å². The predicted molar refractivity (Wildman–Crippen MR) is 142 cm³/mol. The van der Waals surface area contributed by atoms with Crippen molar-refractivity contribution < 1.29 is 0 Å². The lowest BCUT2D eigenvalue weighted by atomic mass is 9.77. The summed E-state index contributed by atoms with van der Waals surface area (Å²) in [5.74, 6) is 0.245. The van der Waals surface area contributed by atoms with Crippen molar-refractivity contribution in [1.29, 1.82) is 0 Å². The van der Waals surface area contributed by atoms with Gasteiger partial charge in [-0.05, 0) is 31.8 Å². The van der Waals surface area contributed by atoms with Crippen LogP contribution in [0.5, 0.6) is 0 Å². The van der Waals surface area contributed by atoms with Gasteiger partial charge in [-0.15, -0.1) is 0 Å². The van der Waals surface area contributed by atoms with Crippen LogP contribution in [0.4, 0.5) is 0 Å². The molecule has 2 aromatic carbocycles. The van der Waals surface area contributed by atoms with Gasteiger partial charge in [-0.1, -0.05) is 149 Å². The zero-order valence-corrected chi connectivity index (χ0v) is 22.0. The van der Waals surface area contributed by atoms with Gasteiger partial charge in [0.15, 0.2) is 0 Å². The minimum absolute atomic E-state index is 0.0946. The van der Waals surface area contributed by atoms with Gasteiger partial charge in [0.25, 0.3) is 0 Å². The lowest BCUT2D eigenvalue weighted by Crippen LogP contribution is -2.31. The van der Waals surface area contributed by atoms with E-state index < -0.39 is 4.44 Å². The van der Waals surface area contributed by atoms with Gasteiger partial charge in [0.2, 0.25) is 0 Å². The van der Waals surface area contributed by atoms with Crippen LogP contribution < -0.4 is 0 Å². The van der Waals surface area contributed by atoms with Crippen molar-refractivity contribution >= 4 is 39.0 Å². The van der Waals surface area contributed by atoms with Crippen LogP contribution in [0.1, 0.15) is 58.6 Å². The molecule has 0 amide bonds. The summed E-state index contributed by atoms with van der Waals surface area (Å²) in [6, 6.07) is 22.1. The van der Waals surface area contributed by atoms with E-state index in [1.54, 1.807) is 0 Å². The fourth-order valence-corrected chi connectivity index (χ4v) is 17.7. The molecule has 3 atom stereocenters. The average molecular weight is 471 g/mol. The third kappa shape index (κ3) is 3.71. The average Bonchev–Trinajstić information content (AvgIpc) is 3.02. The standard InChI is InChI=1S/C26H31PS3/c1-24(2,3)22-17-21(19-13-9-7-10-14-19)26(20-15-11-8-12-16-20)18-23(25(4,5)6)30-27(26,28)29-22/h7-18,21H,1-6H3. The number of hydrogen-bond acceptors (Lipinski definition) is 3. The lowest BCUT2D eigenvalue weighted by molar-refractivity contribution is 0.517. The molecule has 0 spiro atoms. The summed E-state index contributed by atoms with van der Waals surface area (Å²) in [6.45, 7) is 13.9. The second-order valence-corrected chi connectivity index (χ2v) is 21.4. The lowest BCUT2D eigenvalue weighted by Gasteiger charge is -2.47. The first-order chi connectivity index (χ1) is 14.0. The van der Waals surface area contributed by atoms with E-state index in [1.165, 1.54) is 20.9 Å². The molecule has 30 heavy (non-hydrogen) atoms. The minimum Gasteiger partial charge on any atom is -0.0805 e. The molecule has 3 unspecified atom stereocenters. The van der Waals surface area contributed by atoms with Crippen molar-refractivity contribution in [3.05, 3.63) is 93.8 Å². The maximum Gasteiger partial charge on any atom is 0.0805 e. The first-order valence-electron chi connectivity index (χ1n) is 10.5. The summed E-state index contributed by atoms with van der Waals surface area (Å²) >= 11 is 10.8. The zero-order valence-electron chi connectivity index (χ0n) is 18.7. The van der Waals surface area contributed by atoms with E-state index in [1.807, 2.05) is 22.8 Å². The molecular formula is C26H31PS3. The Morgan fingerprint density at radius 2 is 1.27 bits per heavy atom. The zero-order chi connectivity index (χ0) is 21.8. The van der Waals surface area contributed by atoms with Crippen LogP contribution in [0.3, 0.4) is 0 Å². The Hall–Kier alpha value is -0.730. The maximum atomic E-state index is 6.75. The molecule has 4 heteroatoms. The van der Waals surface area contributed by atoms with E-state index in [2.05, 4.69) is 114 Å². The van der Waals surface area contributed by atoms with Gasteiger partial charge in [-0.3, -0.25) is 0 Å². The summed E-state index contributed by atoms with van der Waals surface area (Å²) < 4.78 is -1.95. The molecule has 2 aliphatic rings. The van der Waals surface area contributed by atoms with Crippen LogP contribution in [-0.2, 0) is 17.0 Å². The molecule has 0 aliphatic carbocycles. The summed E-state index contributed by atoms with van der Waals surface area (Å²) in [4.78, 5) is 2.90. The van der Waals surface area contributed by atoms with Gasteiger partial charge in [0.05, 0.1) is 9.60 Å². The third-order valence-corrected chi connectivity index (χ3v) is 17.9. The van der Waals surface area contributed by atoms with Gasteiger partial charge in [0, 0.05) is 5.92 Å². The molecule has 0 saturated carbocycles. The van der Waals surface area contributed by atoms with E-state index in [-0.39, 0.29) is 21.9 Å². The minimum atomic E-state index is -1.95. The molecule has 0 nitrogen and oxygen atoms in total. The highest BCUT2D eigenvalue weighted by molar-refractivity contribution is 9.02. The molecule has 0 N–H and O–H groups in total. The van der Waals surface area contributed by atoms with Gasteiger partial charge < -0.3 is 0 Å². The number of hydrogen-bond donors (Lipinski definition) is 0. The second kappa shape index (κ2) is 7.69. The quantitative estimate of drug-likeness (QED) is 0.401. The van der Waals surface area contributed by atoms with Gasteiger partial charge in [0.1, 0.15) is 0 Å². The molecule has 4 rings (SSSR count). The molecule has 158 valence electrons. The van der Waals surface area contributed by atoms with Crippen molar-refractivity contribution in [3.8, 4) is 0 Å². The van der Waals surface area contributed by atoms with E-state index >= 15 is 0 Å². The number of fused-ring (bicyclic) bond motifs is 1. The highest BCUT2D eigenvalue weighted by atomic mass is 33.2. The van der Waals surface area contributed by atoms with Crippen LogP contribution in [0, 0.1) is 10.8 Å². The Kier molecular flexibility index (Phi) is 5.76. The van der Waals surface area contributed by atoms with Crippen molar-refractivity contribution in [2.75, 3.05) is 0 Å². The van der Waals surface area contributed by atoms with Gasteiger partial charge >= 0.3 is 0 Å². The highest BCUT2D eigenvalue weighted by Gasteiger charge is 2.58. The smallest absolute Gasteiger partial charge is 0.0805 e. The Morgan fingerprint density at radius 3 is 1.80 bits per heavy atom. The van der Waals surface area contributed by atoms with E-state index in [0.717, 1.165) is 0 Å². The first kappa shape index (κ1) is 22.5. The monoisotopic (exact) mass is 470 g/mol. The van der Waals surface area contributed by atoms with Gasteiger partial charge in [-0.2, -0.15) is 0 Å². The molecule has 0 radical (unpaired) electrons. The Morgan fingerprint density at radius 1 is 0.767 bits per heavy atom. The fraction of sp³-hybridized carbons (Fsp3) is 0.385. The van der Waals surface area contributed by atoms with Crippen LogP contribution in [0.25, 0.3) is 0 Å². The molecule has 2 heterocycles. The second-order valence-electron chi connectivity index (χ2n) is 10.3. The first-order valence-corrected chi connectivity index (χ1v) is 16.2. The molecule has 0 saturated heterocycles. The molecule has 2 aromatic rings. The Bertz CT molecular complexity index is 1030. The summed E-state index contributed by atoms with van der Waals surface area (Å²) in [6.07, 6.45) is 5.12. The van der Waals surface area contributed by atoms with E-state index in [9.17, 15) is 0 Å². The summed E-state index contributed by atoms with van der Waals surface area (Å²) in [5, 5.41) is -0.169. The molecule has 0 aromatic heterocycles. The van der Waals surface area contributed by atoms with Crippen LogP contribution in [0.15, 0.2) is 82.6 Å². The van der Waals surface area contributed by atoms with Crippen molar-refractivity contribution in [1.82, 2.24) is 0 Å². The Labute approximate surface area is 195 Å². The molecular weight excluding hydrogens is 439 g/mol. The fourth-order valence-electron chi connectivity index (χ4n) is 4.18. The highest BCUT2D eigenvalue weighted by Crippen LogP contribution is 2.92. The Balaban J connectivity index is 2.06. The third-order valence-electron chi connectivity index (χ3n) is 5.91. The van der Waals surface area contributed by atoms with Crippen molar-refractivity contribution in [2.24, 2.45) is 10.8 Å². The predicted octanol–water partition coefficient (Wildman–Crippen LogP) is 9.33. The SMILES string of the molecule is CC(C)(C)C1=CC(c2ccccc2)C2(c3ccccc3)C=C(C(C)(C)C)SP2(=S)S1. The number of benzene rings is 2. The van der Waals surface area contributed by atoms with Crippen molar-refractivity contribution in [3.63, 3.8) is 0 Å². The van der Waals surface area contributed by atoms with Crippen LogP contribution in [0.2, 0.25) is 0 Å². The van der Waals surface area contributed by atoms with E-state index in [4.69, 9.17) is 11.8 Å².